The first-order valence-corrected chi connectivity index (χ1v) is 9.20. The molecular formula is C22H24N2O4. The van der Waals surface area contributed by atoms with E-state index in [1.54, 1.807) is 0 Å². The van der Waals surface area contributed by atoms with Crippen LogP contribution in [0.1, 0.15) is 24.0 Å². The number of hydrogen-bond donors (Lipinski definition) is 0. The van der Waals surface area contributed by atoms with Gasteiger partial charge in [0.15, 0.2) is 0 Å². The van der Waals surface area contributed by atoms with Gasteiger partial charge in [0, 0.05) is 12.8 Å². The zero-order valence-corrected chi connectivity index (χ0v) is 16.2. The predicted molar refractivity (Wildman–Crippen MR) is 108 cm³/mol. The maximum atomic E-state index is 10.0. The normalized spacial score (nSPS) is 9.93. The van der Waals surface area contributed by atoms with E-state index in [0.29, 0.717) is 39.1 Å². The van der Waals surface area contributed by atoms with Crippen LogP contribution < -0.4 is 9.47 Å². The maximum Gasteiger partial charge on any atom is 0.234 e. The third kappa shape index (κ3) is 6.51. The number of aliphatic imine (C=N–C) groups is 2. The lowest BCUT2D eigenvalue weighted by atomic mass is 10.0. The average molecular weight is 380 g/mol. The third-order valence-electron chi connectivity index (χ3n) is 4.16. The quantitative estimate of drug-likeness (QED) is 0.333. The summed E-state index contributed by atoms with van der Waals surface area (Å²) in [5.41, 5.74) is 4.30. The van der Waals surface area contributed by atoms with Crippen molar-refractivity contribution in [3.63, 3.8) is 0 Å². The van der Waals surface area contributed by atoms with Gasteiger partial charge < -0.3 is 9.47 Å². The van der Waals surface area contributed by atoms with E-state index < -0.39 is 0 Å². The molecule has 0 spiro atoms. The number of isocyanates is 2. The van der Waals surface area contributed by atoms with Gasteiger partial charge in [0.05, 0.1) is 26.3 Å². The fourth-order valence-electron chi connectivity index (χ4n) is 2.72. The number of ether oxygens (including phenoxy) is 2. The highest BCUT2D eigenvalue weighted by atomic mass is 16.5. The van der Waals surface area contributed by atoms with Crippen molar-refractivity contribution in [2.45, 2.75) is 26.7 Å². The van der Waals surface area contributed by atoms with Crippen LogP contribution in [-0.4, -0.2) is 38.5 Å². The molecule has 0 bridgehead atoms. The first kappa shape index (κ1) is 21.1. The summed E-state index contributed by atoms with van der Waals surface area (Å²) >= 11 is 0. The summed E-state index contributed by atoms with van der Waals surface area (Å²) in [6.07, 6.45) is 4.41. The molecule has 0 aliphatic carbocycles. The third-order valence-corrected chi connectivity index (χ3v) is 4.16. The minimum Gasteiger partial charge on any atom is -0.493 e. The first-order valence-electron chi connectivity index (χ1n) is 9.20. The van der Waals surface area contributed by atoms with Crippen molar-refractivity contribution in [2.24, 2.45) is 9.98 Å². The molecule has 0 aliphatic rings. The molecule has 0 atom stereocenters. The van der Waals surface area contributed by atoms with Crippen LogP contribution in [0.4, 0.5) is 0 Å². The van der Waals surface area contributed by atoms with Gasteiger partial charge in [-0.1, -0.05) is 12.1 Å². The summed E-state index contributed by atoms with van der Waals surface area (Å²) in [5, 5.41) is 0. The van der Waals surface area contributed by atoms with Crippen LogP contribution in [0.25, 0.3) is 11.1 Å². The Morgan fingerprint density at radius 1 is 0.750 bits per heavy atom. The zero-order valence-electron chi connectivity index (χ0n) is 16.2. The van der Waals surface area contributed by atoms with E-state index in [1.807, 2.05) is 38.1 Å². The van der Waals surface area contributed by atoms with Crippen molar-refractivity contribution in [3.8, 4) is 22.6 Å². The molecule has 0 radical (unpaired) electrons. The number of aryl methyl sites for hydroxylation is 2. The Bertz CT molecular complexity index is 809. The fourth-order valence-corrected chi connectivity index (χ4v) is 2.72. The van der Waals surface area contributed by atoms with Crippen molar-refractivity contribution < 1.29 is 19.1 Å². The molecule has 0 saturated carbocycles. The second-order valence-corrected chi connectivity index (χ2v) is 6.31. The van der Waals surface area contributed by atoms with Crippen LogP contribution >= 0.6 is 0 Å². The van der Waals surface area contributed by atoms with Crippen LogP contribution in [-0.2, 0) is 9.59 Å². The second kappa shape index (κ2) is 11.5. The zero-order chi connectivity index (χ0) is 20.2. The largest absolute Gasteiger partial charge is 0.493 e. The van der Waals surface area contributed by atoms with Gasteiger partial charge in [0.2, 0.25) is 12.2 Å². The lowest BCUT2D eigenvalue weighted by Crippen LogP contribution is -2.01. The Labute approximate surface area is 164 Å². The lowest BCUT2D eigenvalue weighted by Gasteiger charge is -2.13. The highest BCUT2D eigenvalue weighted by Gasteiger charge is 2.06. The van der Waals surface area contributed by atoms with Crippen LogP contribution in [0, 0.1) is 13.8 Å². The van der Waals surface area contributed by atoms with Gasteiger partial charge in [-0.2, -0.15) is 0 Å². The van der Waals surface area contributed by atoms with Gasteiger partial charge in [0.25, 0.3) is 0 Å². The summed E-state index contributed by atoms with van der Waals surface area (Å²) in [6.45, 7) is 5.89. The van der Waals surface area contributed by atoms with E-state index in [1.165, 1.54) is 12.2 Å². The summed E-state index contributed by atoms with van der Waals surface area (Å²) in [6, 6.07) is 12.1. The topological polar surface area (TPSA) is 77.3 Å². The molecule has 0 unspecified atom stereocenters. The van der Waals surface area contributed by atoms with Crippen LogP contribution in [0.3, 0.4) is 0 Å². The number of nitrogens with zero attached hydrogens (tertiary/aromatic N) is 2. The smallest absolute Gasteiger partial charge is 0.234 e. The number of benzene rings is 2. The molecule has 0 N–H and O–H groups in total. The van der Waals surface area contributed by atoms with Crippen molar-refractivity contribution in [1.29, 1.82) is 0 Å². The van der Waals surface area contributed by atoms with Gasteiger partial charge in [-0.15, -0.1) is 0 Å². The summed E-state index contributed by atoms with van der Waals surface area (Å²) in [5.74, 6) is 1.65. The minimum absolute atomic E-state index is 0.429. The molecule has 2 rings (SSSR count). The van der Waals surface area contributed by atoms with Crippen molar-refractivity contribution >= 4 is 12.2 Å². The highest BCUT2D eigenvalue weighted by molar-refractivity contribution is 5.67. The van der Waals surface area contributed by atoms with Gasteiger partial charge in [-0.25, -0.2) is 19.6 Å². The Hall–Kier alpha value is -3.20. The van der Waals surface area contributed by atoms with E-state index >= 15 is 0 Å². The molecule has 0 heterocycles. The van der Waals surface area contributed by atoms with E-state index in [0.717, 1.165) is 33.8 Å². The molecular weight excluding hydrogens is 356 g/mol. The second-order valence-electron chi connectivity index (χ2n) is 6.31. The molecule has 2 aromatic rings. The molecule has 0 fully saturated rings. The molecule has 0 amide bonds. The van der Waals surface area contributed by atoms with Crippen LogP contribution in [0.5, 0.6) is 11.5 Å². The van der Waals surface area contributed by atoms with Crippen molar-refractivity contribution in [3.05, 3.63) is 47.5 Å². The summed E-state index contributed by atoms with van der Waals surface area (Å²) < 4.78 is 11.5. The maximum absolute atomic E-state index is 10.0. The monoisotopic (exact) mass is 380 g/mol. The van der Waals surface area contributed by atoms with Gasteiger partial charge in [0.1, 0.15) is 11.5 Å². The standard InChI is InChI=1S/C22H24N2O4/c1-17-13-19(5-7-21(17)27-11-3-9-23-15-25)20-6-8-22(18(2)14-20)28-12-4-10-24-16-26/h5-8,13-14H,3-4,9-12H2,1-2H3. The average Bonchev–Trinajstić information content (AvgIpc) is 2.69. The Morgan fingerprint density at radius 3 is 1.54 bits per heavy atom. The van der Waals surface area contributed by atoms with Gasteiger partial charge in [-0.05, 0) is 60.4 Å². The minimum atomic E-state index is 0.429. The molecule has 6 nitrogen and oxygen atoms in total. The van der Waals surface area contributed by atoms with Crippen LogP contribution in [0.15, 0.2) is 46.4 Å². The fraction of sp³-hybridized carbons (Fsp3) is 0.364. The Morgan fingerprint density at radius 2 is 1.18 bits per heavy atom. The van der Waals surface area contributed by atoms with Crippen LogP contribution in [0.2, 0.25) is 0 Å². The number of carbonyl (C=O) groups excluding carboxylic acids is 2. The van der Waals surface area contributed by atoms with Crippen molar-refractivity contribution in [1.82, 2.24) is 0 Å². The summed E-state index contributed by atoms with van der Waals surface area (Å²) in [7, 11) is 0. The Kier molecular flexibility index (Phi) is 8.67. The Balaban J connectivity index is 1.98. The lowest BCUT2D eigenvalue weighted by molar-refractivity contribution is 0.311. The van der Waals surface area contributed by atoms with E-state index in [-0.39, 0.29) is 0 Å². The summed E-state index contributed by atoms with van der Waals surface area (Å²) in [4.78, 5) is 27.1. The first-order chi connectivity index (χ1) is 13.7. The van der Waals surface area contributed by atoms with Gasteiger partial charge in [-0.3, -0.25) is 0 Å². The molecule has 28 heavy (non-hydrogen) atoms. The van der Waals surface area contributed by atoms with Gasteiger partial charge >= 0.3 is 0 Å². The predicted octanol–water partition coefficient (Wildman–Crippen LogP) is 4.18. The van der Waals surface area contributed by atoms with E-state index in [9.17, 15) is 9.59 Å². The molecule has 0 aromatic heterocycles. The van der Waals surface area contributed by atoms with E-state index in [4.69, 9.17) is 9.47 Å². The molecule has 146 valence electrons. The number of rotatable bonds is 11. The van der Waals surface area contributed by atoms with Crippen molar-refractivity contribution in [2.75, 3.05) is 26.3 Å². The highest BCUT2D eigenvalue weighted by Crippen LogP contribution is 2.29. The number of hydrogen-bond acceptors (Lipinski definition) is 6. The molecule has 2 aromatic carbocycles. The van der Waals surface area contributed by atoms with E-state index in [2.05, 4.69) is 22.1 Å². The molecule has 0 saturated heterocycles. The molecule has 6 heteroatoms. The SMILES string of the molecule is Cc1cc(-c2ccc(OCCCN=C=O)c(C)c2)ccc1OCCCN=C=O. The molecule has 0 aliphatic heterocycles.